The van der Waals surface area contributed by atoms with Crippen LogP contribution in [0.1, 0.15) is 36.2 Å². The molecule has 0 aromatic carbocycles. The van der Waals surface area contributed by atoms with Gasteiger partial charge >= 0.3 is 0 Å². The number of piperazine rings is 1. The molecule has 0 saturated carbocycles. The lowest BCUT2D eigenvalue weighted by Crippen LogP contribution is -2.57. The first-order chi connectivity index (χ1) is 13.4. The monoisotopic (exact) mass is 391 g/mol. The molecule has 2 fully saturated rings. The number of rotatable bonds is 6. The van der Waals surface area contributed by atoms with Gasteiger partial charge in [-0.3, -0.25) is 14.4 Å². The molecule has 7 heteroatoms. The van der Waals surface area contributed by atoms with Crippen molar-refractivity contribution in [2.45, 2.75) is 52.6 Å². The molecular formula is C21H37N5O2. The van der Waals surface area contributed by atoms with E-state index in [2.05, 4.69) is 28.9 Å². The molecule has 28 heavy (non-hydrogen) atoms. The number of hydrogen-bond acceptors (Lipinski definition) is 5. The molecule has 0 bridgehead atoms. The molecular weight excluding hydrogens is 354 g/mol. The fourth-order valence-electron chi connectivity index (χ4n) is 4.69. The van der Waals surface area contributed by atoms with E-state index in [-0.39, 0.29) is 12.5 Å². The quantitative estimate of drug-likeness (QED) is 0.785. The summed E-state index contributed by atoms with van der Waals surface area (Å²) >= 11 is 0. The van der Waals surface area contributed by atoms with Crippen molar-refractivity contribution in [3.8, 4) is 0 Å². The predicted octanol–water partition coefficient (Wildman–Crippen LogP) is 1.05. The van der Waals surface area contributed by atoms with Crippen molar-refractivity contribution in [3.63, 3.8) is 0 Å². The van der Waals surface area contributed by atoms with E-state index >= 15 is 0 Å². The van der Waals surface area contributed by atoms with Crippen molar-refractivity contribution in [1.82, 2.24) is 24.5 Å². The standard InChI is InChI=1S/C21H37N5O2/c1-16-17(2)22-26(18(16)3)15-21(28)25-8-7-20(19(14-25)6-5-13-27)24-11-9-23(4)10-12-24/h19-20,27H,5-15H2,1-4H3/t19-,20+/m1/s1. The van der Waals surface area contributed by atoms with E-state index in [4.69, 9.17) is 0 Å². The molecule has 1 aromatic rings. The van der Waals surface area contributed by atoms with Crippen LogP contribution in [0.3, 0.4) is 0 Å². The third kappa shape index (κ3) is 4.75. The van der Waals surface area contributed by atoms with Crippen molar-refractivity contribution in [3.05, 3.63) is 17.0 Å². The van der Waals surface area contributed by atoms with Gasteiger partial charge in [0.1, 0.15) is 6.54 Å². The summed E-state index contributed by atoms with van der Waals surface area (Å²) in [6.07, 6.45) is 2.82. The average Bonchev–Trinajstić information content (AvgIpc) is 2.93. The average molecular weight is 392 g/mol. The molecule has 1 aromatic heterocycles. The number of nitrogens with zero attached hydrogens (tertiary/aromatic N) is 5. The van der Waals surface area contributed by atoms with Gasteiger partial charge in [0.05, 0.1) is 5.69 Å². The summed E-state index contributed by atoms with van der Waals surface area (Å²) < 4.78 is 1.85. The van der Waals surface area contributed by atoms with Gasteiger partial charge < -0.3 is 14.9 Å². The van der Waals surface area contributed by atoms with Crippen molar-refractivity contribution in [2.75, 3.05) is 52.9 Å². The third-order valence-electron chi connectivity index (χ3n) is 6.81. The second kappa shape index (κ2) is 9.37. The molecule has 2 aliphatic heterocycles. The van der Waals surface area contributed by atoms with Crippen LogP contribution < -0.4 is 0 Å². The topological polar surface area (TPSA) is 64.8 Å². The van der Waals surface area contributed by atoms with E-state index in [1.807, 2.05) is 23.4 Å². The van der Waals surface area contributed by atoms with Crippen molar-refractivity contribution in [2.24, 2.45) is 5.92 Å². The van der Waals surface area contributed by atoms with Crippen LogP contribution in [0.4, 0.5) is 0 Å². The van der Waals surface area contributed by atoms with Crippen LogP contribution in [-0.4, -0.2) is 94.5 Å². The molecule has 158 valence electrons. The number of hydrogen-bond donors (Lipinski definition) is 1. The number of aliphatic hydroxyl groups is 1. The minimum atomic E-state index is 0.163. The van der Waals surface area contributed by atoms with Crippen LogP contribution in [-0.2, 0) is 11.3 Å². The van der Waals surface area contributed by atoms with Gasteiger partial charge in [-0.05, 0) is 58.6 Å². The van der Waals surface area contributed by atoms with E-state index < -0.39 is 0 Å². The van der Waals surface area contributed by atoms with Crippen molar-refractivity contribution < 1.29 is 9.90 Å². The normalized spacial score (nSPS) is 24.7. The van der Waals surface area contributed by atoms with Gasteiger partial charge in [-0.25, -0.2) is 0 Å². The molecule has 2 atom stereocenters. The summed E-state index contributed by atoms with van der Waals surface area (Å²) in [6.45, 7) is 12.7. The van der Waals surface area contributed by atoms with Crippen LogP contribution in [0.5, 0.6) is 0 Å². The zero-order valence-electron chi connectivity index (χ0n) is 18.0. The van der Waals surface area contributed by atoms with Gasteiger partial charge in [-0.15, -0.1) is 0 Å². The zero-order valence-corrected chi connectivity index (χ0v) is 18.0. The third-order valence-corrected chi connectivity index (χ3v) is 6.81. The molecule has 1 N–H and O–H groups in total. The maximum Gasteiger partial charge on any atom is 0.244 e. The molecule has 2 saturated heterocycles. The number of likely N-dealkylation sites (N-methyl/N-ethyl adjacent to an activating group) is 1. The maximum absolute atomic E-state index is 13.0. The van der Waals surface area contributed by atoms with Crippen LogP contribution in [0.15, 0.2) is 0 Å². The highest BCUT2D eigenvalue weighted by atomic mass is 16.3. The Balaban J connectivity index is 1.64. The second-order valence-electron chi connectivity index (χ2n) is 8.61. The predicted molar refractivity (Wildman–Crippen MR) is 110 cm³/mol. The van der Waals surface area contributed by atoms with Gasteiger partial charge in [-0.1, -0.05) is 0 Å². The van der Waals surface area contributed by atoms with Crippen LogP contribution >= 0.6 is 0 Å². The Morgan fingerprint density at radius 1 is 1.14 bits per heavy atom. The Morgan fingerprint density at radius 3 is 2.46 bits per heavy atom. The largest absolute Gasteiger partial charge is 0.396 e. The maximum atomic E-state index is 13.0. The Kier molecular flexibility index (Phi) is 7.12. The van der Waals surface area contributed by atoms with Crippen molar-refractivity contribution >= 4 is 5.91 Å². The fourth-order valence-corrected chi connectivity index (χ4v) is 4.69. The molecule has 3 heterocycles. The SMILES string of the molecule is Cc1nn(CC(=O)N2CC[C@H](N3CCN(C)CC3)[C@H](CCCO)C2)c(C)c1C. The number of aryl methyl sites for hydroxylation is 1. The summed E-state index contributed by atoms with van der Waals surface area (Å²) in [7, 11) is 2.18. The number of likely N-dealkylation sites (tertiary alicyclic amines) is 1. The van der Waals surface area contributed by atoms with Crippen molar-refractivity contribution in [1.29, 1.82) is 0 Å². The molecule has 0 aliphatic carbocycles. The first-order valence-electron chi connectivity index (χ1n) is 10.7. The summed E-state index contributed by atoms with van der Waals surface area (Å²) in [5.74, 6) is 0.604. The molecule has 0 radical (unpaired) electrons. The lowest BCUT2D eigenvalue weighted by Gasteiger charge is -2.46. The summed E-state index contributed by atoms with van der Waals surface area (Å²) in [4.78, 5) is 20.0. The number of amides is 1. The minimum absolute atomic E-state index is 0.163. The number of aliphatic hydroxyl groups excluding tert-OH is 1. The zero-order chi connectivity index (χ0) is 20.3. The van der Waals surface area contributed by atoms with Crippen LogP contribution in [0.2, 0.25) is 0 Å². The molecule has 1 amide bonds. The van der Waals surface area contributed by atoms with Crippen LogP contribution in [0.25, 0.3) is 0 Å². The second-order valence-corrected chi connectivity index (χ2v) is 8.61. The van der Waals surface area contributed by atoms with E-state index in [1.54, 1.807) is 0 Å². The highest BCUT2D eigenvalue weighted by Crippen LogP contribution is 2.27. The Labute approximate surface area is 169 Å². The van der Waals surface area contributed by atoms with Gasteiger partial charge in [0.15, 0.2) is 0 Å². The Bertz CT molecular complexity index is 666. The minimum Gasteiger partial charge on any atom is -0.396 e. The number of carbonyl (C=O) groups excluding carboxylic acids is 1. The Morgan fingerprint density at radius 2 is 1.86 bits per heavy atom. The van der Waals surface area contributed by atoms with E-state index in [0.717, 1.165) is 69.9 Å². The fraction of sp³-hybridized carbons (Fsp3) is 0.810. The van der Waals surface area contributed by atoms with Crippen LogP contribution in [0, 0.1) is 26.7 Å². The molecule has 7 nitrogen and oxygen atoms in total. The summed E-state index contributed by atoms with van der Waals surface area (Å²) in [5.41, 5.74) is 3.25. The number of carbonyl (C=O) groups is 1. The first-order valence-corrected chi connectivity index (χ1v) is 10.7. The van der Waals surface area contributed by atoms with Gasteiger partial charge in [0, 0.05) is 57.6 Å². The lowest BCUT2D eigenvalue weighted by molar-refractivity contribution is -0.135. The highest BCUT2D eigenvalue weighted by molar-refractivity contribution is 5.76. The Hall–Kier alpha value is -1.44. The van der Waals surface area contributed by atoms with E-state index in [9.17, 15) is 9.90 Å². The number of piperidine rings is 1. The van der Waals surface area contributed by atoms with E-state index in [0.29, 0.717) is 18.5 Å². The molecule has 3 rings (SSSR count). The first kappa shape index (κ1) is 21.3. The highest BCUT2D eigenvalue weighted by Gasteiger charge is 2.35. The smallest absolute Gasteiger partial charge is 0.244 e. The lowest BCUT2D eigenvalue weighted by atomic mass is 9.86. The summed E-state index contributed by atoms with van der Waals surface area (Å²) in [6, 6.07) is 0.528. The van der Waals surface area contributed by atoms with E-state index in [1.165, 1.54) is 5.56 Å². The van der Waals surface area contributed by atoms with Gasteiger partial charge in [-0.2, -0.15) is 5.10 Å². The van der Waals surface area contributed by atoms with Gasteiger partial charge in [0.25, 0.3) is 0 Å². The molecule has 2 aliphatic rings. The molecule has 0 spiro atoms. The summed E-state index contributed by atoms with van der Waals surface area (Å²) in [5, 5.41) is 13.9. The molecule has 0 unspecified atom stereocenters. The van der Waals surface area contributed by atoms with Gasteiger partial charge in [0.2, 0.25) is 5.91 Å². The number of aromatic nitrogens is 2.